The molecule has 32 heavy (non-hydrogen) atoms. The minimum absolute atomic E-state index is 0.00244. The molecule has 1 aromatic heterocycles. The summed E-state index contributed by atoms with van der Waals surface area (Å²) in [7, 11) is 0. The Morgan fingerprint density at radius 3 is 2.56 bits per heavy atom. The fourth-order valence-electron chi connectivity index (χ4n) is 4.10. The Kier molecular flexibility index (Phi) is 4.55. The van der Waals surface area contributed by atoms with E-state index in [1.807, 2.05) is 13.0 Å². The summed E-state index contributed by atoms with van der Waals surface area (Å²) >= 11 is 0. The Labute approximate surface area is 182 Å². The molecule has 3 aromatic carbocycles. The number of carbonyl (C=O) groups is 2. The van der Waals surface area contributed by atoms with Crippen molar-refractivity contribution in [1.29, 1.82) is 0 Å². The molecule has 0 aliphatic heterocycles. The van der Waals surface area contributed by atoms with Crippen LogP contribution in [0.1, 0.15) is 39.6 Å². The maximum atomic E-state index is 13.2. The van der Waals surface area contributed by atoms with Gasteiger partial charge in [0.15, 0.2) is 5.78 Å². The van der Waals surface area contributed by atoms with Crippen LogP contribution in [-0.2, 0) is 6.54 Å². The van der Waals surface area contributed by atoms with E-state index in [4.69, 9.17) is 4.74 Å². The Bertz CT molecular complexity index is 1440. The molecule has 8 nitrogen and oxygen atoms in total. The van der Waals surface area contributed by atoms with Crippen LogP contribution < -0.4 is 4.74 Å². The molecule has 0 saturated carbocycles. The summed E-state index contributed by atoms with van der Waals surface area (Å²) in [4.78, 5) is 36.7. The number of nitro benzene ring substituents is 1. The highest BCUT2D eigenvalue weighted by Crippen LogP contribution is 2.39. The number of ketones is 1. The fourth-order valence-corrected chi connectivity index (χ4v) is 4.10. The number of aryl methyl sites for hydroxylation is 1. The second-order valence-corrected chi connectivity index (χ2v) is 7.48. The van der Waals surface area contributed by atoms with Gasteiger partial charge in [0, 0.05) is 35.4 Å². The molecule has 0 atom stereocenters. The largest absolute Gasteiger partial charge is 0.402 e. The minimum atomic E-state index is -0.680. The van der Waals surface area contributed by atoms with Crippen LogP contribution in [0.25, 0.3) is 22.0 Å². The maximum absolute atomic E-state index is 13.2. The summed E-state index contributed by atoms with van der Waals surface area (Å²) in [6.45, 7) is 2.54. The minimum Gasteiger partial charge on any atom is -0.402 e. The number of nitro groups is 1. The van der Waals surface area contributed by atoms with Crippen LogP contribution in [0.15, 0.2) is 60.7 Å². The zero-order valence-electron chi connectivity index (χ0n) is 17.1. The Morgan fingerprint density at radius 1 is 1.06 bits per heavy atom. The van der Waals surface area contributed by atoms with Crippen molar-refractivity contribution in [2.45, 2.75) is 19.9 Å². The number of ether oxygens (including phenoxy) is 1. The standard InChI is InChI=1S/C24H17N3O5/c1-2-12-26-20-11-10-14(27(30)31)13-19(20)23(25-26)32-24(29)18-9-5-8-17-21(18)15-6-3-4-7-16(15)22(17)28/h3-11,13H,2,12H2,1H3. The van der Waals surface area contributed by atoms with Crippen molar-refractivity contribution in [3.63, 3.8) is 0 Å². The van der Waals surface area contributed by atoms with Gasteiger partial charge in [-0.3, -0.25) is 19.6 Å². The van der Waals surface area contributed by atoms with E-state index in [2.05, 4.69) is 5.10 Å². The summed E-state index contributed by atoms with van der Waals surface area (Å²) < 4.78 is 7.31. The number of hydrogen-bond acceptors (Lipinski definition) is 6. The molecule has 4 aromatic rings. The van der Waals surface area contributed by atoms with Gasteiger partial charge in [-0.25, -0.2) is 4.79 Å². The van der Waals surface area contributed by atoms with Gasteiger partial charge in [-0.05, 0) is 24.1 Å². The van der Waals surface area contributed by atoms with Gasteiger partial charge in [0.25, 0.3) is 5.69 Å². The molecule has 0 fully saturated rings. The number of aromatic nitrogens is 2. The van der Waals surface area contributed by atoms with Crippen molar-refractivity contribution < 1.29 is 19.2 Å². The quantitative estimate of drug-likeness (QED) is 0.227. The number of benzene rings is 3. The van der Waals surface area contributed by atoms with Crippen LogP contribution in [0.4, 0.5) is 5.69 Å². The van der Waals surface area contributed by atoms with E-state index in [0.29, 0.717) is 39.7 Å². The van der Waals surface area contributed by atoms with Crippen LogP contribution in [0, 0.1) is 10.1 Å². The van der Waals surface area contributed by atoms with E-state index in [1.54, 1.807) is 47.1 Å². The lowest BCUT2D eigenvalue weighted by atomic mass is 9.99. The lowest BCUT2D eigenvalue weighted by Crippen LogP contribution is -2.11. The first kappa shape index (κ1) is 19.6. The molecular weight excluding hydrogens is 410 g/mol. The van der Waals surface area contributed by atoms with Gasteiger partial charge in [0.1, 0.15) is 0 Å². The van der Waals surface area contributed by atoms with E-state index >= 15 is 0 Å². The van der Waals surface area contributed by atoms with E-state index in [9.17, 15) is 19.7 Å². The zero-order chi connectivity index (χ0) is 22.4. The molecule has 0 spiro atoms. The molecule has 1 heterocycles. The smallest absolute Gasteiger partial charge is 0.345 e. The van der Waals surface area contributed by atoms with Gasteiger partial charge < -0.3 is 4.74 Å². The molecule has 0 radical (unpaired) electrons. The van der Waals surface area contributed by atoms with Gasteiger partial charge in [-0.15, -0.1) is 5.10 Å². The number of non-ortho nitro benzene ring substituents is 1. The topological polar surface area (TPSA) is 104 Å². The molecule has 0 amide bonds. The molecule has 0 bridgehead atoms. The molecule has 8 heteroatoms. The predicted octanol–water partition coefficient (Wildman–Crippen LogP) is 4.79. The second-order valence-electron chi connectivity index (χ2n) is 7.48. The first-order valence-corrected chi connectivity index (χ1v) is 10.1. The summed E-state index contributed by atoms with van der Waals surface area (Å²) in [6, 6.07) is 16.4. The first-order chi connectivity index (χ1) is 15.5. The third kappa shape index (κ3) is 2.96. The first-order valence-electron chi connectivity index (χ1n) is 10.1. The molecule has 0 saturated heterocycles. The highest BCUT2D eigenvalue weighted by atomic mass is 16.6. The SMILES string of the molecule is CCCn1nc(OC(=O)c2cccc3c2-c2ccccc2C3=O)c2cc([N+](=O)[O-])ccc21. The van der Waals surface area contributed by atoms with Gasteiger partial charge >= 0.3 is 5.97 Å². The number of fused-ring (bicyclic) bond motifs is 4. The number of hydrogen-bond donors (Lipinski definition) is 0. The van der Waals surface area contributed by atoms with E-state index in [1.165, 1.54) is 12.1 Å². The molecular formula is C24H17N3O5. The van der Waals surface area contributed by atoms with E-state index in [-0.39, 0.29) is 22.9 Å². The van der Waals surface area contributed by atoms with Crippen molar-refractivity contribution in [3.8, 4) is 17.0 Å². The predicted molar refractivity (Wildman–Crippen MR) is 117 cm³/mol. The Morgan fingerprint density at radius 2 is 1.81 bits per heavy atom. The molecule has 5 rings (SSSR count). The normalized spacial score (nSPS) is 12.0. The van der Waals surface area contributed by atoms with Gasteiger partial charge in [-0.2, -0.15) is 0 Å². The van der Waals surface area contributed by atoms with Crippen molar-refractivity contribution in [3.05, 3.63) is 87.5 Å². The number of nitrogens with zero attached hydrogens (tertiary/aromatic N) is 3. The summed E-state index contributed by atoms with van der Waals surface area (Å²) in [5.74, 6) is -0.822. The Balaban J connectivity index is 1.60. The maximum Gasteiger partial charge on any atom is 0.345 e. The van der Waals surface area contributed by atoms with Crippen LogP contribution in [-0.4, -0.2) is 26.5 Å². The monoisotopic (exact) mass is 427 g/mol. The highest BCUT2D eigenvalue weighted by Gasteiger charge is 2.31. The molecule has 0 unspecified atom stereocenters. The lowest BCUT2D eigenvalue weighted by molar-refractivity contribution is -0.384. The highest BCUT2D eigenvalue weighted by molar-refractivity contribution is 6.24. The molecule has 1 aliphatic carbocycles. The Hall–Kier alpha value is -4.33. The van der Waals surface area contributed by atoms with Crippen molar-refractivity contribution in [1.82, 2.24) is 9.78 Å². The van der Waals surface area contributed by atoms with Crippen molar-refractivity contribution >= 4 is 28.3 Å². The van der Waals surface area contributed by atoms with Crippen LogP contribution in [0.3, 0.4) is 0 Å². The molecule has 1 aliphatic rings. The summed E-state index contributed by atoms with van der Waals surface area (Å²) in [6.07, 6.45) is 0.784. The summed E-state index contributed by atoms with van der Waals surface area (Å²) in [5.41, 5.74) is 2.95. The fraction of sp³-hybridized carbons (Fsp3) is 0.125. The van der Waals surface area contributed by atoms with E-state index < -0.39 is 10.9 Å². The molecule has 158 valence electrons. The van der Waals surface area contributed by atoms with Gasteiger partial charge in [0.2, 0.25) is 5.88 Å². The van der Waals surface area contributed by atoms with Crippen molar-refractivity contribution in [2.75, 3.05) is 0 Å². The lowest BCUT2D eigenvalue weighted by Gasteiger charge is -2.08. The van der Waals surface area contributed by atoms with Gasteiger partial charge in [0.05, 0.1) is 21.4 Å². The van der Waals surface area contributed by atoms with Crippen LogP contribution >= 0.6 is 0 Å². The average Bonchev–Trinajstić information content (AvgIpc) is 3.29. The van der Waals surface area contributed by atoms with Crippen LogP contribution in [0.2, 0.25) is 0 Å². The second kappa shape index (κ2) is 7.42. The van der Waals surface area contributed by atoms with Crippen LogP contribution in [0.5, 0.6) is 5.88 Å². The number of rotatable bonds is 5. The van der Waals surface area contributed by atoms with E-state index in [0.717, 1.165) is 6.42 Å². The third-order valence-corrected chi connectivity index (χ3v) is 5.51. The molecule has 0 N–H and O–H groups in total. The zero-order valence-corrected chi connectivity index (χ0v) is 17.1. The van der Waals surface area contributed by atoms with Gasteiger partial charge in [-0.1, -0.05) is 43.3 Å². The summed E-state index contributed by atoms with van der Waals surface area (Å²) in [5, 5.41) is 16.0. The third-order valence-electron chi connectivity index (χ3n) is 5.51. The van der Waals surface area contributed by atoms with Crippen molar-refractivity contribution in [2.24, 2.45) is 0 Å². The number of esters is 1. The average molecular weight is 427 g/mol. The number of carbonyl (C=O) groups excluding carboxylic acids is 2.